The zero-order valence-corrected chi connectivity index (χ0v) is 13.3. The Morgan fingerprint density at radius 1 is 1.38 bits per heavy atom. The predicted octanol–water partition coefficient (Wildman–Crippen LogP) is 1.62. The summed E-state index contributed by atoms with van der Waals surface area (Å²) in [4.78, 5) is 3.79. The Morgan fingerprint density at radius 2 is 2.10 bits per heavy atom. The van der Waals surface area contributed by atoms with Crippen LogP contribution in [0.3, 0.4) is 0 Å². The number of aromatic nitrogens is 2. The monoisotopic (exact) mass is 350 g/mol. The van der Waals surface area contributed by atoms with Crippen molar-refractivity contribution in [2.24, 2.45) is 5.73 Å². The molecule has 0 aliphatic carbocycles. The maximum absolute atomic E-state index is 12.2. The third kappa shape index (κ3) is 3.53. The molecule has 2 aromatic rings. The second kappa shape index (κ2) is 6.29. The molecule has 7 nitrogen and oxygen atoms in total. The van der Waals surface area contributed by atoms with Crippen LogP contribution in [0, 0.1) is 6.92 Å². The molecule has 0 fully saturated rings. The van der Waals surface area contributed by atoms with Gasteiger partial charge in [0, 0.05) is 17.1 Å². The third-order valence-electron chi connectivity index (χ3n) is 2.63. The number of sulfonamides is 1. The molecule has 2 rings (SSSR count). The fraction of sp³-hybridized carbons (Fsp3) is 0.273. The molecule has 1 heterocycles. The lowest BCUT2D eigenvalue weighted by Gasteiger charge is -2.11. The number of nitrogens with two attached hydrogens (primary N) is 1. The van der Waals surface area contributed by atoms with E-state index < -0.39 is 10.0 Å². The molecule has 0 bridgehead atoms. The van der Waals surface area contributed by atoms with Gasteiger partial charge in [-0.2, -0.15) is 4.98 Å². The number of nitrogens with zero attached hydrogens (tertiary/aromatic N) is 2. The van der Waals surface area contributed by atoms with Gasteiger partial charge in [0.2, 0.25) is 15.9 Å². The first kappa shape index (κ1) is 16.2. The molecule has 0 aliphatic rings. The highest BCUT2D eigenvalue weighted by Gasteiger charge is 2.21. The van der Waals surface area contributed by atoms with E-state index in [0.717, 1.165) is 0 Å². The molecule has 0 radical (unpaired) electrons. The van der Waals surface area contributed by atoms with E-state index in [0.29, 0.717) is 16.4 Å². The summed E-state index contributed by atoms with van der Waals surface area (Å²) in [5.74, 6) is 0.569. The molecule has 21 heavy (non-hydrogen) atoms. The van der Waals surface area contributed by atoms with E-state index in [2.05, 4.69) is 14.9 Å². The lowest BCUT2D eigenvalue weighted by atomic mass is 10.2. The van der Waals surface area contributed by atoms with E-state index in [1.807, 2.05) is 0 Å². The Kier molecular flexibility index (Phi) is 4.84. The molecule has 0 unspecified atom stereocenters. The standard InChI is InChI=1S/C11H12Cl2N4O3S/c1-6-16-10(20-17-6)5-15-21(18,19)9-3-2-8(12)7(4-14)11(9)13/h2-3,15H,4-5,14H2,1H3. The smallest absolute Gasteiger partial charge is 0.242 e. The van der Waals surface area contributed by atoms with Gasteiger partial charge in [0.05, 0.1) is 11.6 Å². The van der Waals surface area contributed by atoms with Gasteiger partial charge in [0.15, 0.2) is 5.82 Å². The van der Waals surface area contributed by atoms with Gasteiger partial charge >= 0.3 is 0 Å². The predicted molar refractivity (Wildman–Crippen MR) is 77.4 cm³/mol. The Hall–Kier alpha value is -1.19. The number of rotatable bonds is 5. The summed E-state index contributed by atoms with van der Waals surface area (Å²) in [5, 5.41) is 3.88. The van der Waals surface area contributed by atoms with Crippen molar-refractivity contribution in [1.29, 1.82) is 0 Å². The highest BCUT2D eigenvalue weighted by Crippen LogP contribution is 2.30. The van der Waals surface area contributed by atoms with Gasteiger partial charge in [0.1, 0.15) is 4.90 Å². The third-order valence-corrected chi connectivity index (χ3v) is 4.97. The Morgan fingerprint density at radius 3 is 2.67 bits per heavy atom. The minimum atomic E-state index is -3.85. The van der Waals surface area contributed by atoms with Crippen molar-refractivity contribution in [3.05, 3.63) is 39.5 Å². The van der Waals surface area contributed by atoms with Crippen LogP contribution in [-0.2, 0) is 23.1 Å². The van der Waals surface area contributed by atoms with Crippen molar-refractivity contribution < 1.29 is 12.9 Å². The zero-order chi connectivity index (χ0) is 15.6. The summed E-state index contributed by atoms with van der Waals surface area (Å²) in [5.41, 5.74) is 5.88. The Balaban J connectivity index is 2.27. The van der Waals surface area contributed by atoms with Crippen LogP contribution in [0.2, 0.25) is 10.0 Å². The zero-order valence-electron chi connectivity index (χ0n) is 10.9. The average molecular weight is 351 g/mol. The molecule has 0 atom stereocenters. The van der Waals surface area contributed by atoms with Crippen molar-refractivity contribution in [3.63, 3.8) is 0 Å². The molecule has 0 spiro atoms. The molecule has 114 valence electrons. The quantitative estimate of drug-likeness (QED) is 0.847. The van der Waals surface area contributed by atoms with Gasteiger partial charge in [-0.05, 0) is 19.1 Å². The van der Waals surface area contributed by atoms with E-state index in [9.17, 15) is 8.42 Å². The minimum Gasteiger partial charge on any atom is -0.338 e. The molecule has 1 aromatic carbocycles. The number of hydrogen-bond donors (Lipinski definition) is 2. The van der Waals surface area contributed by atoms with Gasteiger partial charge in [-0.1, -0.05) is 28.4 Å². The number of aryl methyl sites for hydroxylation is 1. The van der Waals surface area contributed by atoms with E-state index in [1.165, 1.54) is 12.1 Å². The van der Waals surface area contributed by atoms with Crippen LogP contribution in [0.25, 0.3) is 0 Å². The van der Waals surface area contributed by atoms with Crippen molar-refractivity contribution in [2.75, 3.05) is 0 Å². The molecule has 0 saturated heterocycles. The molecule has 0 amide bonds. The van der Waals surface area contributed by atoms with Crippen LogP contribution >= 0.6 is 23.2 Å². The highest BCUT2D eigenvalue weighted by atomic mass is 35.5. The van der Waals surface area contributed by atoms with Crippen LogP contribution in [0.4, 0.5) is 0 Å². The van der Waals surface area contributed by atoms with Gasteiger partial charge in [0.25, 0.3) is 0 Å². The van der Waals surface area contributed by atoms with E-state index in [4.69, 9.17) is 33.5 Å². The normalized spacial score (nSPS) is 11.8. The van der Waals surface area contributed by atoms with E-state index >= 15 is 0 Å². The van der Waals surface area contributed by atoms with Crippen LogP contribution in [0.5, 0.6) is 0 Å². The maximum atomic E-state index is 12.2. The minimum absolute atomic E-state index is 0.000732. The summed E-state index contributed by atoms with van der Waals surface area (Å²) in [6.45, 7) is 1.52. The fourth-order valence-corrected chi connectivity index (χ4v) is 3.52. The van der Waals surface area contributed by atoms with Crippen LogP contribution in [0.1, 0.15) is 17.3 Å². The average Bonchev–Trinajstić information content (AvgIpc) is 2.83. The summed E-state index contributed by atoms with van der Waals surface area (Å²) < 4.78 is 31.6. The molecular formula is C11H12Cl2N4O3S. The molecular weight excluding hydrogens is 339 g/mol. The number of hydrogen-bond acceptors (Lipinski definition) is 6. The van der Waals surface area contributed by atoms with Crippen LogP contribution < -0.4 is 10.5 Å². The SMILES string of the molecule is Cc1noc(CNS(=O)(=O)c2ccc(Cl)c(CN)c2Cl)n1. The maximum Gasteiger partial charge on any atom is 0.242 e. The fourth-order valence-electron chi connectivity index (χ4n) is 1.62. The number of benzene rings is 1. The number of nitrogens with one attached hydrogen (secondary N) is 1. The summed E-state index contributed by atoms with van der Waals surface area (Å²) in [7, 11) is -3.85. The Bertz CT molecular complexity index is 761. The van der Waals surface area contributed by atoms with Crippen molar-refractivity contribution in [1.82, 2.24) is 14.9 Å². The van der Waals surface area contributed by atoms with Crippen LogP contribution in [0.15, 0.2) is 21.6 Å². The highest BCUT2D eigenvalue weighted by molar-refractivity contribution is 7.89. The number of halogens is 2. The lowest BCUT2D eigenvalue weighted by Crippen LogP contribution is -2.24. The van der Waals surface area contributed by atoms with E-state index in [-0.39, 0.29) is 28.9 Å². The van der Waals surface area contributed by atoms with Gasteiger partial charge < -0.3 is 10.3 Å². The van der Waals surface area contributed by atoms with Gasteiger partial charge in [-0.3, -0.25) is 0 Å². The first-order valence-corrected chi connectivity index (χ1v) is 8.05. The summed E-state index contributed by atoms with van der Waals surface area (Å²) in [6, 6.07) is 2.74. The molecule has 0 aliphatic heterocycles. The first-order valence-electron chi connectivity index (χ1n) is 5.81. The van der Waals surface area contributed by atoms with E-state index in [1.54, 1.807) is 6.92 Å². The van der Waals surface area contributed by atoms with Crippen LogP contribution in [-0.4, -0.2) is 18.6 Å². The first-order chi connectivity index (χ1) is 9.85. The van der Waals surface area contributed by atoms with Crippen molar-refractivity contribution in [3.8, 4) is 0 Å². The van der Waals surface area contributed by atoms with Crippen molar-refractivity contribution in [2.45, 2.75) is 24.9 Å². The van der Waals surface area contributed by atoms with Crippen molar-refractivity contribution >= 4 is 33.2 Å². The molecule has 0 saturated carbocycles. The molecule has 1 aromatic heterocycles. The summed E-state index contributed by atoms with van der Waals surface area (Å²) in [6.07, 6.45) is 0. The molecule has 3 N–H and O–H groups in total. The lowest BCUT2D eigenvalue weighted by molar-refractivity contribution is 0.372. The topological polar surface area (TPSA) is 111 Å². The second-order valence-electron chi connectivity index (χ2n) is 4.10. The molecule has 10 heteroatoms. The van der Waals surface area contributed by atoms with Gasteiger partial charge in [-0.15, -0.1) is 0 Å². The second-order valence-corrected chi connectivity index (χ2v) is 6.62. The largest absolute Gasteiger partial charge is 0.338 e. The van der Waals surface area contributed by atoms with Gasteiger partial charge in [-0.25, -0.2) is 13.1 Å². The Labute approximate surface area is 131 Å². The summed E-state index contributed by atoms with van der Waals surface area (Å²) >= 11 is 12.0.